The van der Waals surface area contributed by atoms with Gasteiger partial charge in [0, 0.05) is 24.3 Å². The van der Waals surface area contributed by atoms with Crippen molar-refractivity contribution in [2.45, 2.75) is 19.9 Å². The van der Waals surface area contributed by atoms with Crippen LogP contribution in [0.1, 0.15) is 19.4 Å². The van der Waals surface area contributed by atoms with Crippen LogP contribution in [-0.4, -0.2) is 18.1 Å². The predicted molar refractivity (Wildman–Crippen MR) is 66.0 cm³/mol. The van der Waals surface area contributed by atoms with Gasteiger partial charge in [-0.2, -0.15) is 0 Å². The zero-order chi connectivity index (χ0) is 10.6. The minimum atomic E-state index is 0.368. The molecule has 0 aliphatic carbocycles. The topological polar surface area (TPSA) is 24.1 Å². The normalized spacial score (nSPS) is 10.0. The minimum absolute atomic E-state index is 0.368. The Morgan fingerprint density at radius 1 is 1.29 bits per heavy atom. The lowest BCUT2D eigenvalue weighted by Crippen LogP contribution is -2.29. The molecule has 0 heterocycles. The quantitative estimate of drug-likeness (QED) is 0.746. The van der Waals surface area contributed by atoms with E-state index in [2.05, 4.69) is 24.5 Å². The molecule has 0 fully saturated rings. The van der Waals surface area contributed by atoms with Gasteiger partial charge in [-0.15, -0.1) is 0 Å². The number of hydrogen-bond acceptors (Lipinski definition) is 2. The average Bonchev–Trinajstić information content (AvgIpc) is 2.16. The lowest BCUT2D eigenvalue weighted by atomic mass is 10.1. The summed E-state index contributed by atoms with van der Waals surface area (Å²) in [5.74, 6) is 0. The van der Waals surface area contributed by atoms with Gasteiger partial charge in [0.05, 0.1) is 0 Å². The van der Waals surface area contributed by atoms with Crippen molar-refractivity contribution in [1.29, 1.82) is 0 Å². The Morgan fingerprint density at radius 2 is 1.93 bits per heavy atom. The Balaban J connectivity index is 2.88. The first-order chi connectivity index (χ1) is 6.65. The summed E-state index contributed by atoms with van der Waals surface area (Å²) in [7, 11) is 1.90. The van der Waals surface area contributed by atoms with Gasteiger partial charge in [0.15, 0.2) is 0 Å². The van der Waals surface area contributed by atoms with Crippen LogP contribution in [-0.2, 0) is 0 Å². The molecule has 14 heavy (non-hydrogen) atoms. The number of nitrogens with one attached hydrogen (secondary N) is 2. The number of rotatable bonds is 3. The SMILES string of the molecule is CNc1ccccc1C(=S)NC(C)C. The molecule has 0 spiro atoms. The molecule has 0 bridgehead atoms. The molecule has 0 radical (unpaired) electrons. The molecule has 0 saturated heterocycles. The standard InChI is InChI=1S/C11H16N2S/c1-8(2)13-11(14)9-6-4-5-7-10(9)12-3/h4-8,12H,1-3H3,(H,13,14). The zero-order valence-electron chi connectivity index (χ0n) is 8.79. The van der Waals surface area contributed by atoms with Crippen molar-refractivity contribution >= 4 is 22.9 Å². The van der Waals surface area contributed by atoms with Gasteiger partial charge in [0.25, 0.3) is 0 Å². The summed E-state index contributed by atoms with van der Waals surface area (Å²) in [6.07, 6.45) is 0. The molecule has 0 aliphatic rings. The van der Waals surface area contributed by atoms with Gasteiger partial charge in [-0.25, -0.2) is 0 Å². The van der Waals surface area contributed by atoms with E-state index in [4.69, 9.17) is 12.2 Å². The summed E-state index contributed by atoms with van der Waals surface area (Å²) >= 11 is 5.30. The second kappa shape index (κ2) is 4.96. The molecule has 0 amide bonds. The van der Waals surface area contributed by atoms with Crippen LogP contribution in [0.3, 0.4) is 0 Å². The minimum Gasteiger partial charge on any atom is -0.388 e. The third-order valence-electron chi connectivity index (χ3n) is 1.86. The number of para-hydroxylation sites is 1. The highest BCUT2D eigenvalue weighted by Crippen LogP contribution is 2.14. The van der Waals surface area contributed by atoms with Gasteiger partial charge in [-0.05, 0) is 26.0 Å². The van der Waals surface area contributed by atoms with Crippen LogP contribution in [0.2, 0.25) is 0 Å². The van der Waals surface area contributed by atoms with E-state index in [1.165, 1.54) is 0 Å². The van der Waals surface area contributed by atoms with Crippen molar-refractivity contribution in [2.24, 2.45) is 0 Å². The lowest BCUT2D eigenvalue weighted by molar-refractivity contribution is 0.741. The first-order valence-electron chi connectivity index (χ1n) is 4.72. The maximum Gasteiger partial charge on any atom is 0.108 e. The Hall–Kier alpha value is -1.09. The van der Waals surface area contributed by atoms with Crippen molar-refractivity contribution in [3.8, 4) is 0 Å². The highest BCUT2D eigenvalue weighted by molar-refractivity contribution is 7.80. The van der Waals surface area contributed by atoms with Crippen LogP contribution in [0.5, 0.6) is 0 Å². The second-order valence-corrected chi connectivity index (χ2v) is 3.83. The van der Waals surface area contributed by atoms with E-state index in [0.717, 1.165) is 16.2 Å². The highest BCUT2D eigenvalue weighted by atomic mass is 32.1. The Kier molecular flexibility index (Phi) is 3.89. The van der Waals surface area contributed by atoms with Gasteiger partial charge in [-0.3, -0.25) is 0 Å². The number of thiocarbonyl (C=S) groups is 1. The van der Waals surface area contributed by atoms with Crippen LogP contribution in [0.4, 0.5) is 5.69 Å². The molecule has 0 atom stereocenters. The fourth-order valence-electron chi connectivity index (χ4n) is 1.24. The van der Waals surface area contributed by atoms with Crippen molar-refractivity contribution in [2.75, 3.05) is 12.4 Å². The molecule has 0 aliphatic heterocycles. The van der Waals surface area contributed by atoms with Crippen molar-refractivity contribution < 1.29 is 0 Å². The molecule has 0 aromatic heterocycles. The van der Waals surface area contributed by atoms with Crippen LogP contribution in [0.15, 0.2) is 24.3 Å². The Bertz CT molecular complexity index is 321. The molecule has 2 N–H and O–H groups in total. The number of hydrogen-bond donors (Lipinski definition) is 2. The summed E-state index contributed by atoms with van der Waals surface area (Å²) in [5.41, 5.74) is 2.12. The number of benzene rings is 1. The van der Waals surface area contributed by atoms with Gasteiger partial charge in [-0.1, -0.05) is 24.4 Å². The Labute approximate surface area is 90.7 Å². The van der Waals surface area contributed by atoms with Crippen molar-refractivity contribution in [1.82, 2.24) is 5.32 Å². The van der Waals surface area contributed by atoms with Crippen molar-refractivity contribution in [3.05, 3.63) is 29.8 Å². The smallest absolute Gasteiger partial charge is 0.108 e. The van der Waals surface area contributed by atoms with E-state index in [0.29, 0.717) is 6.04 Å². The van der Waals surface area contributed by atoms with E-state index < -0.39 is 0 Å². The number of anilines is 1. The maximum atomic E-state index is 5.30. The molecule has 0 unspecified atom stereocenters. The molecular weight excluding hydrogens is 192 g/mol. The van der Waals surface area contributed by atoms with Gasteiger partial charge in [0.2, 0.25) is 0 Å². The summed E-state index contributed by atoms with van der Waals surface area (Å²) in [6.45, 7) is 4.16. The third-order valence-corrected chi connectivity index (χ3v) is 2.20. The first kappa shape index (κ1) is 11.0. The molecule has 0 saturated carbocycles. The fourth-order valence-corrected chi connectivity index (χ4v) is 1.65. The first-order valence-corrected chi connectivity index (χ1v) is 5.13. The van der Waals surface area contributed by atoms with Gasteiger partial charge in [0.1, 0.15) is 4.99 Å². The zero-order valence-corrected chi connectivity index (χ0v) is 9.61. The summed E-state index contributed by atoms with van der Waals surface area (Å²) in [6, 6.07) is 8.39. The largest absolute Gasteiger partial charge is 0.388 e. The lowest BCUT2D eigenvalue weighted by Gasteiger charge is -2.14. The van der Waals surface area contributed by atoms with Gasteiger partial charge >= 0.3 is 0 Å². The molecule has 1 rings (SSSR count). The molecule has 1 aromatic carbocycles. The summed E-state index contributed by atoms with van der Waals surface area (Å²) in [5, 5.41) is 6.35. The van der Waals surface area contributed by atoms with Crippen LogP contribution >= 0.6 is 12.2 Å². The highest BCUT2D eigenvalue weighted by Gasteiger charge is 2.06. The molecular formula is C11H16N2S. The maximum absolute atomic E-state index is 5.30. The third kappa shape index (κ3) is 2.70. The van der Waals surface area contributed by atoms with E-state index >= 15 is 0 Å². The monoisotopic (exact) mass is 208 g/mol. The fraction of sp³-hybridized carbons (Fsp3) is 0.364. The molecule has 1 aromatic rings. The summed E-state index contributed by atoms with van der Waals surface area (Å²) < 4.78 is 0. The van der Waals surface area contributed by atoms with E-state index in [1.807, 2.05) is 31.3 Å². The predicted octanol–water partition coefficient (Wildman–Crippen LogP) is 2.40. The van der Waals surface area contributed by atoms with Gasteiger partial charge < -0.3 is 10.6 Å². The van der Waals surface area contributed by atoms with Crippen LogP contribution in [0.25, 0.3) is 0 Å². The van der Waals surface area contributed by atoms with Crippen molar-refractivity contribution in [3.63, 3.8) is 0 Å². The average molecular weight is 208 g/mol. The molecule has 2 nitrogen and oxygen atoms in total. The van der Waals surface area contributed by atoms with Crippen LogP contribution in [0, 0.1) is 0 Å². The second-order valence-electron chi connectivity index (χ2n) is 3.42. The Morgan fingerprint density at radius 3 is 2.50 bits per heavy atom. The summed E-state index contributed by atoms with van der Waals surface area (Å²) in [4.78, 5) is 0.796. The van der Waals surface area contributed by atoms with E-state index in [9.17, 15) is 0 Å². The molecule has 76 valence electrons. The molecule has 3 heteroatoms. The van der Waals surface area contributed by atoms with E-state index in [1.54, 1.807) is 0 Å². The van der Waals surface area contributed by atoms with E-state index in [-0.39, 0.29) is 0 Å². The van der Waals surface area contributed by atoms with Crippen LogP contribution < -0.4 is 10.6 Å².